The Labute approximate surface area is 109 Å². The Kier molecular flexibility index (Phi) is 6.44. The summed E-state index contributed by atoms with van der Waals surface area (Å²) in [5.41, 5.74) is 2.12. The monoisotopic (exact) mass is 250 g/mol. The first-order valence-electron chi connectivity index (χ1n) is 6.40. The highest BCUT2D eigenvalue weighted by atomic mass is 16.5. The molecule has 0 aliphatic heterocycles. The standard InChI is InChI=1S/C15H22O3/c1-4-18-9-5-6-14(16)11-13-10-12(2)7-8-15(13)17-3/h7-8,10H,4-6,9,11H2,1-3H3. The number of ether oxygens (including phenoxy) is 2. The minimum atomic E-state index is 0.235. The minimum Gasteiger partial charge on any atom is -0.496 e. The zero-order valence-corrected chi connectivity index (χ0v) is 11.5. The molecule has 1 aromatic rings. The van der Waals surface area contributed by atoms with E-state index < -0.39 is 0 Å². The highest BCUT2D eigenvalue weighted by Gasteiger charge is 2.09. The van der Waals surface area contributed by atoms with Gasteiger partial charge < -0.3 is 9.47 Å². The molecule has 3 nitrogen and oxygen atoms in total. The lowest BCUT2D eigenvalue weighted by Crippen LogP contribution is -2.06. The Hall–Kier alpha value is -1.35. The number of hydrogen-bond acceptors (Lipinski definition) is 3. The van der Waals surface area contributed by atoms with Crippen molar-refractivity contribution in [3.63, 3.8) is 0 Å². The van der Waals surface area contributed by atoms with Crippen LogP contribution < -0.4 is 4.74 Å². The van der Waals surface area contributed by atoms with Gasteiger partial charge in [-0.15, -0.1) is 0 Å². The molecule has 0 unspecified atom stereocenters. The van der Waals surface area contributed by atoms with E-state index in [1.165, 1.54) is 0 Å². The van der Waals surface area contributed by atoms with E-state index in [2.05, 4.69) is 0 Å². The third-order valence-electron chi connectivity index (χ3n) is 2.77. The van der Waals surface area contributed by atoms with Crippen LogP contribution in [0, 0.1) is 6.92 Å². The predicted molar refractivity (Wildman–Crippen MR) is 72.2 cm³/mol. The lowest BCUT2D eigenvalue weighted by Gasteiger charge is -2.09. The number of Topliss-reactive ketones (excluding diaryl/α,β-unsaturated/α-hetero) is 1. The number of hydrogen-bond donors (Lipinski definition) is 0. The number of carbonyl (C=O) groups excluding carboxylic acids is 1. The van der Waals surface area contributed by atoms with Crippen LogP contribution in [0.4, 0.5) is 0 Å². The van der Waals surface area contributed by atoms with Crippen LogP contribution in [0.1, 0.15) is 30.9 Å². The quantitative estimate of drug-likeness (QED) is 0.665. The smallest absolute Gasteiger partial charge is 0.137 e. The molecule has 0 atom stereocenters. The Morgan fingerprint density at radius 1 is 1.33 bits per heavy atom. The number of benzene rings is 1. The average Bonchev–Trinajstić information content (AvgIpc) is 2.35. The molecule has 0 aromatic heterocycles. The molecule has 0 saturated heterocycles. The van der Waals surface area contributed by atoms with Gasteiger partial charge in [0.15, 0.2) is 0 Å². The first kappa shape index (κ1) is 14.7. The van der Waals surface area contributed by atoms with Gasteiger partial charge in [0.25, 0.3) is 0 Å². The second-order valence-electron chi connectivity index (χ2n) is 4.33. The molecule has 0 amide bonds. The van der Waals surface area contributed by atoms with E-state index in [0.717, 1.165) is 23.3 Å². The van der Waals surface area contributed by atoms with Crippen LogP contribution in [0.3, 0.4) is 0 Å². The number of aryl methyl sites for hydroxylation is 1. The van der Waals surface area contributed by atoms with E-state index in [1.54, 1.807) is 7.11 Å². The molecular weight excluding hydrogens is 228 g/mol. The summed E-state index contributed by atoms with van der Waals surface area (Å²) in [5, 5.41) is 0. The van der Waals surface area contributed by atoms with Crippen molar-refractivity contribution in [1.29, 1.82) is 0 Å². The summed E-state index contributed by atoms with van der Waals surface area (Å²) in [4.78, 5) is 11.8. The van der Waals surface area contributed by atoms with Crippen molar-refractivity contribution in [3.05, 3.63) is 29.3 Å². The molecule has 0 heterocycles. The number of rotatable bonds is 8. The molecule has 18 heavy (non-hydrogen) atoms. The Bertz CT molecular complexity index is 385. The molecular formula is C15H22O3. The summed E-state index contributed by atoms with van der Waals surface area (Å²) in [7, 11) is 1.63. The highest BCUT2D eigenvalue weighted by Crippen LogP contribution is 2.20. The second kappa shape index (κ2) is 7.88. The van der Waals surface area contributed by atoms with Gasteiger partial charge in [-0.1, -0.05) is 17.7 Å². The van der Waals surface area contributed by atoms with Gasteiger partial charge in [0.1, 0.15) is 11.5 Å². The lowest BCUT2D eigenvalue weighted by atomic mass is 10.0. The number of carbonyl (C=O) groups is 1. The van der Waals surface area contributed by atoms with E-state index in [1.807, 2.05) is 32.0 Å². The topological polar surface area (TPSA) is 35.5 Å². The van der Waals surface area contributed by atoms with Gasteiger partial charge in [0.2, 0.25) is 0 Å². The van der Waals surface area contributed by atoms with Crippen LogP contribution in [0.5, 0.6) is 5.75 Å². The van der Waals surface area contributed by atoms with Gasteiger partial charge in [0.05, 0.1) is 7.11 Å². The summed E-state index contributed by atoms with van der Waals surface area (Å²) in [6, 6.07) is 5.92. The molecule has 1 aromatic carbocycles. The first-order chi connectivity index (χ1) is 8.67. The highest BCUT2D eigenvalue weighted by molar-refractivity contribution is 5.81. The van der Waals surface area contributed by atoms with Crippen molar-refractivity contribution >= 4 is 5.78 Å². The van der Waals surface area contributed by atoms with Crippen molar-refractivity contribution in [2.75, 3.05) is 20.3 Å². The maximum Gasteiger partial charge on any atom is 0.137 e. The predicted octanol–water partition coefficient (Wildman–Crippen LogP) is 2.93. The molecule has 0 radical (unpaired) electrons. The zero-order valence-electron chi connectivity index (χ0n) is 11.5. The van der Waals surface area contributed by atoms with E-state index in [0.29, 0.717) is 26.1 Å². The molecule has 0 aliphatic rings. The van der Waals surface area contributed by atoms with Crippen LogP contribution in [-0.2, 0) is 16.0 Å². The van der Waals surface area contributed by atoms with E-state index in [-0.39, 0.29) is 5.78 Å². The van der Waals surface area contributed by atoms with Crippen molar-refractivity contribution in [2.45, 2.75) is 33.1 Å². The maximum absolute atomic E-state index is 11.8. The van der Waals surface area contributed by atoms with Crippen molar-refractivity contribution < 1.29 is 14.3 Å². The van der Waals surface area contributed by atoms with Gasteiger partial charge in [-0.25, -0.2) is 0 Å². The average molecular weight is 250 g/mol. The van der Waals surface area contributed by atoms with Crippen molar-refractivity contribution in [3.8, 4) is 5.75 Å². The van der Waals surface area contributed by atoms with Gasteiger partial charge >= 0.3 is 0 Å². The van der Waals surface area contributed by atoms with Crippen LogP contribution in [0.2, 0.25) is 0 Å². The number of ketones is 1. The molecule has 0 fully saturated rings. The fraction of sp³-hybridized carbons (Fsp3) is 0.533. The maximum atomic E-state index is 11.8. The van der Waals surface area contributed by atoms with Gasteiger partial charge in [-0.3, -0.25) is 4.79 Å². The molecule has 3 heteroatoms. The van der Waals surface area contributed by atoms with Crippen LogP contribution in [0.25, 0.3) is 0 Å². The third kappa shape index (κ3) is 4.88. The van der Waals surface area contributed by atoms with Gasteiger partial charge in [-0.05, 0) is 26.3 Å². The molecule has 100 valence electrons. The van der Waals surface area contributed by atoms with E-state index in [9.17, 15) is 4.79 Å². The van der Waals surface area contributed by atoms with Gasteiger partial charge in [-0.2, -0.15) is 0 Å². The van der Waals surface area contributed by atoms with Crippen molar-refractivity contribution in [1.82, 2.24) is 0 Å². The fourth-order valence-corrected chi connectivity index (χ4v) is 1.86. The van der Waals surface area contributed by atoms with Crippen LogP contribution in [0.15, 0.2) is 18.2 Å². The van der Waals surface area contributed by atoms with Crippen LogP contribution >= 0.6 is 0 Å². The zero-order chi connectivity index (χ0) is 13.4. The molecule has 0 spiro atoms. The largest absolute Gasteiger partial charge is 0.496 e. The SMILES string of the molecule is CCOCCCC(=O)Cc1cc(C)ccc1OC. The molecule has 0 bridgehead atoms. The summed E-state index contributed by atoms with van der Waals surface area (Å²) in [5.74, 6) is 1.03. The normalized spacial score (nSPS) is 10.4. The molecule has 0 N–H and O–H groups in total. The Morgan fingerprint density at radius 3 is 2.78 bits per heavy atom. The van der Waals surface area contributed by atoms with Crippen molar-refractivity contribution in [2.24, 2.45) is 0 Å². The lowest BCUT2D eigenvalue weighted by molar-refractivity contribution is -0.118. The van der Waals surface area contributed by atoms with E-state index >= 15 is 0 Å². The van der Waals surface area contributed by atoms with Crippen LogP contribution in [-0.4, -0.2) is 26.1 Å². The summed E-state index contributed by atoms with van der Waals surface area (Å²) < 4.78 is 10.5. The second-order valence-corrected chi connectivity index (χ2v) is 4.33. The first-order valence-corrected chi connectivity index (χ1v) is 6.40. The summed E-state index contributed by atoms with van der Waals surface area (Å²) in [6.45, 7) is 5.34. The number of methoxy groups -OCH3 is 1. The molecule has 0 saturated carbocycles. The van der Waals surface area contributed by atoms with Gasteiger partial charge in [0, 0.05) is 31.6 Å². The van der Waals surface area contributed by atoms with E-state index in [4.69, 9.17) is 9.47 Å². The molecule has 0 aliphatic carbocycles. The minimum absolute atomic E-state index is 0.235. The molecule has 1 rings (SSSR count). The Balaban J connectivity index is 2.50. The summed E-state index contributed by atoms with van der Waals surface area (Å²) in [6.07, 6.45) is 1.80. The third-order valence-corrected chi connectivity index (χ3v) is 2.77. The Morgan fingerprint density at radius 2 is 2.11 bits per heavy atom. The summed E-state index contributed by atoms with van der Waals surface area (Å²) >= 11 is 0. The fourth-order valence-electron chi connectivity index (χ4n) is 1.86.